The number of rotatable bonds is 6. The zero-order valence-electron chi connectivity index (χ0n) is 16.8. The van der Waals surface area contributed by atoms with E-state index in [4.69, 9.17) is 14.2 Å². The van der Waals surface area contributed by atoms with Gasteiger partial charge in [0.2, 0.25) is 0 Å². The number of benzene rings is 1. The van der Waals surface area contributed by atoms with Crippen LogP contribution < -0.4 is 9.47 Å². The first-order valence-electron chi connectivity index (χ1n) is 9.01. The number of ether oxygens (including phenoxy) is 3. The van der Waals surface area contributed by atoms with Crippen LogP contribution in [0.4, 0.5) is 4.79 Å². The lowest BCUT2D eigenvalue weighted by Crippen LogP contribution is -2.46. The van der Waals surface area contributed by atoms with E-state index in [1.54, 1.807) is 13.2 Å². The summed E-state index contributed by atoms with van der Waals surface area (Å²) < 4.78 is 15.6. The zero-order valence-corrected chi connectivity index (χ0v) is 16.8. The summed E-state index contributed by atoms with van der Waals surface area (Å²) in [6.07, 6.45) is 0.617. The highest BCUT2D eigenvalue weighted by Crippen LogP contribution is 2.39. The third-order valence-electron chi connectivity index (χ3n) is 5.27. The van der Waals surface area contributed by atoms with Gasteiger partial charge in [-0.25, -0.2) is 9.69 Å². The summed E-state index contributed by atoms with van der Waals surface area (Å²) in [5, 5.41) is 0. The number of imide groups is 2. The molecule has 0 N–H and O–H groups in total. The molecule has 0 aromatic heterocycles. The average molecular weight is 405 g/mol. The second kappa shape index (κ2) is 8.08. The number of amides is 4. The first-order chi connectivity index (χ1) is 13.8. The molecule has 0 bridgehead atoms. The Bertz CT molecular complexity index is 870. The van der Waals surface area contributed by atoms with Crippen molar-refractivity contribution in [3.63, 3.8) is 0 Å². The SMILES string of the molecule is COC(=O)C[C@@H]1c2cc(OC)c(OC)cc2CCN1CN1C(=O)C(=O)N(C)C1=O. The standard InChI is InChI=1S/C19H23N3O7/c1-20-17(24)18(25)22(19(20)26)10-21-6-5-11-7-14(27-2)15(28-3)8-12(11)13(21)9-16(23)29-4/h7-8,13H,5-6,9-10H2,1-4H3/t13-/m1/s1. The summed E-state index contributed by atoms with van der Waals surface area (Å²) in [5.41, 5.74) is 1.79. The molecule has 1 saturated heterocycles. The van der Waals surface area contributed by atoms with Crippen molar-refractivity contribution in [1.82, 2.24) is 14.7 Å². The molecule has 1 fully saturated rings. The molecule has 10 nitrogen and oxygen atoms in total. The van der Waals surface area contributed by atoms with Gasteiger partial charge < -0.3 is 14.2 Å². The fraction of sp³-hybridized carbons (Fsp3) is 0.474. The Kier molecular flexibility index (Phi) is 5.73. The Hall–Kier alpha value is -3.14. The Morgan fingerprint density at radius 2 is 1.72 bits per heavy atom. The largest absolute Gasteiger partial charge is 0.493 e. The highest BCUT2D eigenvalue weighted by molar-refractivity contribution is 6.44. The highest BCUT2D eigenvalue weighted by Gasteiger charge is 2.44. The minimum atomic E-state index is -0.882. The molecule has 2 aliphatic rings. The smallest absolute Gasteiger partial charge is 0.335 e. The molecular formula is C19H23N3O7. The first-order valence-corrected chi connectivity index (χ1v) is 9.01. The van der Waals surface area contributed by atoms with Crippen molar-refractivity contribution in [3.05, 3.63) is 23.3 Å². The van der Waals surface area contributed by atoms with Crippen molar-refractivity contribution in [1.29, 1.82) is 0 Å². The Balaban J connectivity index is 1.96. The van der Waals surface area contributed by atoms with Crippen LogP contribution in [0.25, 0.3) is 0 Å². The van der Waals surface area contributed by atoms with Gasteiger partial charge in [-0.2, -0.15) is 0 Å². The van der Waals surface area contributed by atoms with E-state index in [9.17, 15) is 19.2 Å². The molecule has 1 aromatic carbocycles. The fourth-order valence-electron chi connectivity index (χ4n) is 3.65. The van der Waals surface area contributed by atoms with Gasteiger partial charge in [0.25, 0.3) is 0 Å². The van der Waals surface area contributed by atoms with Crippen molar-refractivity contribution >= 4 is 23.8 Å². The summed E-state index contributed by atoms with van der Waals surface area (Å²) in [5.74, 6) is -1.11. The number of urea groups is 1. The van der Waals surface area contributed by atoms with Gasteiger partial charge >= 0.3 is 23.8 Å². The van der Waals surface area contributed by atoms with Crippen LogP contribution in [0, 0.1) is 0 Å². The molecule has 4 amide bonds. The predicted molar refractivity (Wildman–Crippen MR) is 99.2 cm³/mol. The second-order valence-corrected chi connectivity index (χ2v) is 6.79. The summed E-state index contributed by atoms with van der Waals surface area (Å²) >= 11 is 0. The van der Waals surface area contributed by atoms with E-state index in [-0.39, 0.29) is 13.1 Å². The molecule has 2 aliphatic heterocycles. The molecule has 1 atom stereocenters. The molecular weight excluding hydrogens is 382 g/mol. The number of fused-ring (bicyclic) bond motifs is 1. The number of likely N-dealkylation sites (N-methyl/N-ethyl adjacent to an activating group) is 1. The third kappa shape index (κ3) is 3.63. The summed E-state index contributed by atoms with van der Waals surface area (Å²) in [4.78, 5) is 51.8. The van der Waals surface area contributed by atoms with Crippen molar-refractivity contribution in [2.24, 2.45) is 0 Å². The van der Waals surface area contributed by atoms with Gasteiger partial charge in [-0.15, -0.1) is 0 Å². The molecule has 0 aliphatic carbocycles. The number of carbonyl (C=O) groups excluding carboxylic acids is 4. The maximum Gasteiger partial charge on any atom is 0.335 e. The van der Waals surface area contributed by atoms with E-state index in [2.05, 4.69) is 0 Å². The molecule has 0 unspecified atom stereocenters. The van der Waals surface area contributed by atoms with Gasteiger partial charge in [0.05, 0.1) is 34.4 Å². The van der Waals surface area contributed by atoms with Crippen LogP contribution in [0.3, 0.4) is 0 Å². The maximum absolute atomic E-state index is 12.3. The lowest BCUT2D eigenvalue weighted by molar-refractivity contribution is -0.144. The predicted octanol–water partition coefficient (Wildman–Crippen LogP) is 0.544. The van der Waals surface area contributed by atoms with Crippen molar-refractivity contribution in [2.45, 2.75) is 18.9 Å². The Morgan fingerprint density at radius 1 is 1.07 bits per heavy atom. The van der Waals surface area contributed by atoms with E-state index < -0.39 is 29.9 Å². The molecule has 156 valence electrons. The minimum absolute atomic E-state index is 0.0129. The monoisotopic (exact) mass is 405 g/mol. The van der Waals surface area contributed by atoms with E-state index in [0.29, 0.717) is 24.5 Å². The van der Waals surface area contributed by atoms with Crippen LogP contribution in [0.2, 0.25) is 0 Å². The van der Waals surface area contributed by atoms with Gasteiger partial charge in [-0.1, -0.05) is 0 Å². The molecule has 0 radical (unpaired) electrons. The molecule has 2 heterocycles. The molecule has 1 aromatic rings. The van der Waals surface area contributed by atoms with Crippen LogP contribution in [0.1, 0.15) is 23.6 Å². The van der Waals surface area contributed by atoms with Gasteiger partial charge in [-0.3, -0.25) is 24.2 Å². The number of nitrogens with zero attached hydrogens (tertiary/aromatic N) is 3. The van der Waals surface area contributed by atoms with Crippen molar-refractivity contribution in [3.8, 4) is 11.5 Å². The summed E-state index contributed by atoms with van der Waals surface area (Å²) in [7, 11) is 5.62. The molecule has 0 spiro atoms. The van der Waals surface area contributed by atoms with Crippen LogP contribution in [-0.4, -0.2) is 80.1 Å². The lowest BCUT2D eigenvalue weighted by atomic mass is 9.90. The van der Waals surface area contributed by atoms with Crippen LogP contribution >= 0.6 is 0 Å². The maximum atomic E-state index is 12.3. The van der Waals surface area contributed by atoms with E-state index in [1.807, 2.05) is 11.0 Å². The molecule has 3 rings (SSSR count). The summed E-state index contributed by atoms with van der Waals surface area (Å²) in [6.45, 7) is 0.363. The minimum Gasteiger partial charge on any atom is -0.493 e. The molecule has 0 saturated carbocycles. The Labute approximate surface area is 167 Å². The topological polar surface area (TPSA) is 106 Å². The zero-order chi connectivity index (χ0) is 21.3. The number of carbonyl (C=O) groups is 4. The van der Waals surface area contributed by atoms with Crippen LogP contribution in [-0.2, 0) is 25.5 Å². The normalized spacial score (nSPS) is 19.4. The number of hydrogen-bond donors (Lipinski definition) is 0. The molecule has 29 heavy (non-hydrogen) atoms. The third-order valence-corrected chi connectivity index (χ3v) is 5.27. The molecule has 10 heteroatoms. The van der Waals surface area contributed by atoms with E-state index in [0.717, 1.165) is 20.9 Å². The van der Waals surface area contributed by atoms with Crippen molar-refractivity contribution in [2.75, 3.05) is 41.6 Å². The average Bonchev–Trinajstić information content (AvgIpc) is 2.91. The fourth-order valence-corrected chi connectivity index (χ4v) is 3.65. The van der Waals surface area contributed by atoms with E-state index in [1.165, 1.54) is 21.3 Å². The first kappa shape index (κ1) is 20.6. The lowest BCUT2D eigenvalue weighted by Gasteiger charge is -2.38. The number of esters is 1. The van der Waals surface area contributed by atoms with Crippen LogP contribution in [0.15, 0.2) is 12.1 Å². The summed E-state index contributed by atoms with van der Waals surface area (Å²) in [6, 6.07) is 2.50. The van der Waals surface area contributed by atoms with Crippen LogP contribution in [0.5, 0.6) is 11.5 Å². The van der Waals surface area contributed by atoms with Gasteiger partial charge in [0, 0.05) is 19.6 Å². The van der Waals surface area contributed by atoms with E-state index >= 15 is 0 Å². The van der Waals surface area contributed by atoms with Gasteiger partial charge in [0.1, 0.15) is 0 Å². The van der Waals surface area contributed by atoms with Gasteiger partial charge in [-0.05, 0) is 29.7 Å². The quantitative estimate of drug-likeness (QED) is 0.384. The number of methoxy groups -OCH3 is 3. The highest BCUT2D eigenvalue weighted by atomic mass is 16.5. The number of hydrogen-bond acceptors (Lipinski definition) is 8. The van der Waals surface area contributed by atoms with Crippen molar-refractivity contribution < 1.29 is 33.4 Å². The second-order valence-electron chi connectivity index (χ2n) is 6.79. The van der Waals surface area contributed by atoms with Gasteiger partial charge in [0.15, 0.2) is 11.5 Å². The Morgan fingerprint density at radius 3 is 2.28 bits per heavy atom.